The lowest BCUT2D eigenvalue weighted by Crippen LogP contribution is -2.17. The molecule has 0 aliphatic heterocycles. The first-order valence-corrected chi connectivity index (χ1v) is 26.8. The van der Waals surface area contributed by atoms with Crippen molar-refractivity contribution in [1.29, 1.82) is 0 Å². The number of nitrogens with zero attached hydrogens (tertiary/aromatic N) is 2. The van der Waals surface area contributed by atoms with Crippen LogP contribution in [0, 0.1) is 27.7 Å². The van der Waals surface area contributed by atoms with Crippen molar-refractivity contribution in [3.63, 3.8) is 0 Å². The molecule has 0 N–H and O–H groups in total. The van der Waals surface area contributed by atoms with E-state index >= 15 is 0 Å². The molecule has 0 spiro atoms. The molecule has 0 atom stereocenters. The molecule has 2 nitrogen and oxygen atoms in total. The SMILES string of the molecule is Cc1ccc(N(c2ccc(C)cc2)c2ccc3c(c2)C(C)(C)c2cc(-c4ccc5c(c4)C(C)(C)c4cc(-c6ccc7c(c6)C(C)(C)c6cc(N(c8ccc(C)cc8)c8ccc(C)cc8)ccc6-7)ccc4-5)ccc2-3)cc1.[2H][2H]. The van der Waals surface area contributed by atoms with E-state index in [-0.39, 0.29) is 16.2 Å². The Bertz CT molecular complexity index is 3590. The molecular formula is C73H66N2. The van der Waals surface area contributed by atoms with Crippen molar-refractivity contribution in [2.45, 2.75) is 85.5 Å². The second-order valence-electron chi connectivity index (χ2n) is 23.4. The molecule has 75 heavy (non-hydrogen) atoms. The second-order valence-corrected chi connectivity index (χ2v) is 23.4. The Balaban J connectivity index is 0.00000295. The van der Waals surface area contributed by atoms with E-state index in [0.29, 0.717) is 0 Å². The number of anilines is 6. The van der Waals surface area contributed by atoms with E-state index in [9.17, 15) is 0 Å². The van der Waals surface area contributed by atoms with Gasteiger partial charge < -0.3 is 9.80 Å². The average molecular weight is 973 g/mol. The van der Waals surface area contributed by atoms with E-state index < -0.39 is 0 Å². The van der Waals surface area contributed by atoms with E-state index in [0.717, 1.165) is 22.7 Å². The lowest BCUT2D eigenvalue weighted by atomic mass is 9.79. The summed E-state index contributed by atoms with van der Waals surface area (Å²) in [7, 11) is 0. The molecule has 2 heteroatoms. The topological polar surface area (TPSA) is 6.48 Å². The molecule has 0 aromatic heterocycles. The summed E-state index contributed by atoms with van der Waals surface area (Å²) in [4.78, 5) is 4.79. The summed E-state index contributed by atoms with van der Waals surface area (Å²) in [5.74, 6) is 0. The van der Waals surface area contributed by atoms with Crippen LogP contribution < -0.4 is 9.80 Å². The van der Waals surface area contributed by atoms with Crippen LogP contribution in [0.3, 0.4) is 0 Å². The van der Waals surface area contributed by atoms with Gasteiger partial charge >= 0.3 is 0 Å². The van der Waals surface area contributed by atoms with Crippen LogP contribution in [0.5, 0.6) is 0 Å². The van der Waals surface area contributed by atoms with Crippen LogP contribution in [0.4, 0.5) is 34.1 Å². The normalized spacial score (nSPS) is 14.7. The molecule has 13 rings (SSSR count). The highest BCUT2D eigenvalue weighted by molar-refractivity contribution is 5.91. The fourth-order valence-electron chi connectivity index (χ4n) is 12.9. The fourth-order valence-corrected chi connectivity index (χ4v) is 12.9. The van der Waals surface area contributed by atoms with Crippen LogP contribution in [0.25, 0.3) is 55.6 Å². The van der Waals surface area contributed by atoms with Crippen molar-refractivity contribution < 1.29 is 2.97 Å². The van der Waals surface area contributed by atoms with E-state index in [4.69, 9.17) is 2.97 Å². The van der Waals surface area contributed by atoms with Crippen molar-refractivity contribution in [2.24, 2.45) is 0 Å². The fraction of sp³-hybridized carbons (Fsp3) is 0.178. The number of aryl methyl sites for hydroxylation is 4. The van der Waals surface area contributed by atoms with Gasteiger partial charge in [0, 0.05) is 53.3 Å². The third-order valence-corrected chi connectivity index (χ3v) is 17.3. The largest absolute Gasteiger partial charge is 0.310 e. The molecule has 0 bridgehead atoms. The van der Waals surface area contributed by atoms with Gasteiger partial charge in [-0.1, -0.05) is 173 Å². The molecule has 3 aliphatic rings. The molecule has 0 saturated heterocycles. The van der Waals surface area contributed by atoms with Crippen LogP contribution in [0.1, 0.15) is 100 Å². The lowest BCUT2D eigenvalue weighted by molar-refractivity contribution is 0.659. The maximum absolute atomic E-state index is 5.00. The number of hydrogen-bond donors (Lipinski definition) is 0. The van der Waals surface area contributed by atoms with Gasteiger partial charge in [-0.05, 0) is 214 Å². The second kappa shape index (κ2) is 16.9. The first-order chi connectivity index (χ1) is 37.0. The maximum Gasteiger partial charge on any atom is 0.0465 e. The summed E-state index contributed by atoms with van der Waals surface area (Å²) < 4.78 is 10.0. The maximum atomic E-state index is 5.00. The predicted molar refractivity (Wildman–Crippen MR) is 320 cm³/mol. The molecular weight excluding hydrogens is 905 g/mol. The molecule has 10 aromatic rings. The van der Waals surface area contributed by atoms with Crippen molar-refractivity contribution >= 4 is 34.1 Å². The van der Waals surface area contributed by atoms with Crippen LogP contribution in [-0.4, -0.2) is 0 Å². The monoisotopic (exact) mass is 973 g/mol. The first kappa shape index (κ1) is 45.4. The van der Waals surface area contributed by atoms with Crippen molar-refractivity contribution in [2.75, 3.05) is 9.80 Å². The van der Waals surface area contributed by atoms with Gasteiger partial charge in [-0.15, -0.1) is 0 Å². The summed E-state index contributed by atoms with van der Waals surface area (Å²) >= 11 is 0. The third kappa shape index (κ3) is 7.43. The molecule has 368 valence electrons. The van der Waals surface area contributed by atoms with E-state index in [1.165, 1.54) is 123 Å². The van der Waals surface area contributed by atoms with Gasteiger partial charge in [-0.2, -0.15) is 0 Å². The molecule has 10 aromatic carbocycles. The van der Waals surface area contributed by atoms with Gasteiger partial charge in [0.25, 0.3) is 0 Å². The number of hydrogen-bond acceptors (Lipinski definition) is 2. The van der Waals surface area contributed by atoms with Crippen molar-refractivity contribution in [3.05, 3.63) is 262 Å². The van der Waals surface area contributed by atoms with E-state index in [1.807, 2.05) is 0 Å². The molecule has 0 heterocycles. The third-order valence-electron chi connectivity index (χ3n) is 17.3. The van der Waals surface area contributed by atoms with Crippen LogP contribution in [0.2, 0.25) is 0 Å². The Labute approximate surface area is 447 Å². The van der Waals surface area contributed by atoms with Gasteiger partial charge in [0.2, 0.25) is 0 Å². The summed E-state index contributed by atoms with van der Waals surface area (Å²) in [5, 5.41) is 0. The minimum atomic E-state index is -0.186. The van der Waals surface area contributed by atoms with E-state index in [1.54, 1.807) is 0 Å². The van der Waals surface area contributed by atoms with E-state index in [2.05, 4.69) is 285 Å². The average Bonchev–Trinajstić information content (AvgIpc) is 4.17. The number of rotatable bonds is 8. The highest BCUT2D eigenvalue weighted by Gasteiger charge is 2.40. The highest BCUT2D eigenvalue weighted by Crippen LogP contribution is 2.55. The zero-order chi connectivity index (χ0) is 53.7. The minimum absolute atomic E-state index is 0.177. The van der Waals surface area contributed by atoms with Gasteiger partial charge in [-0.3, -0.25) is 0 Å². The minimum Gasteiger partial charge on any atom is -0.310 e. The smallest absolute Gasteiger partial charge is 0.0465 e. The molecule has 3 aliphatic carbocycles. The summed E-state index contributed by atoms with van der Waals surface area (Å²) in [5.41, 5.74) is 32.8. The van der Waals surface area contributed by atoms with Gasteiger partial charge in [0.05, 0.1) is 0 Å². The zero-order valence-corrected chi connectivity index (χ0v) is 45.0. The Morgan fingerprint density at radius 1 is 0.240 bits per heavy atom. The molecule has 0 unspecified atom stereocenters. The van der Waals surface area contributed by atoms with Crippen molar-refractivity contribution in [1.82, 2.24) is 0 Å². The zero-order valence-electron chi connectivity index (χ0n) is 47.0. The van der Waals surface area contributed by atoms with Crippen molar-refractivity contribution in [3.8, 4) is 55.6 Å². The molecule has 0 radical (unpaired) electrons. The van der Waals surface area contributed by atoms with Gasteiger partial charge in [0.15, 0.2) is 0 Å². The Morgan fingerprint density at radius 2 is 0.427 bits per heavy atom. The molecule has 0 fully saturated rings. The number of benzene rings is 10. The Kier molecular flexibility index (Phi) is 10.2. The highest BCUT2D eigenvalue weighted by atomic mass is 15.1. The summed E-state index contributed by atoms with van der Waals surface area (Å²) in [6, 6.07) is 78.5. The summed E-state index contributed by atoms with van der Waals surface area (Å²) in [6.07, 6.45) is 0. The molecule has 0 amide bonds. The van der Waals surface area contributed by atoms with Crippen LogP contribution in [-0.2, 0) is 16.2 Å². The van der Waals surface area contributed by atoms with Gasteiger partial charge in [0.1, 0.15) is 0 Å². The molecule has 0 saturated carbocycles. The van der Waals surface area contributed by atoms with Gasteiger partial charge in [-0.25, -0.2) is 0 Å². The number of fused-ring (bicyclic) bond motifs is 9. The lowest BCUT2D eigenvalue weighted by Gasteiger charge is -2.28. The predicted octanol–water partition coefficient (Wildman–Crippen LogP) is 20.4. The quantitative estimate of drug-likeness (QED) is 0.150. The Hall–Kier alpha value is -8.20. The Morgan fingerprint density at radius 3 is 0.653 bits per heavy atom. The summed E-state index contributed by atoms with van der Waals surface area (Å²) in [6.45, 7) is 23.0. The van der Waals surface area contributed by atoms with Crippen LogP contribution in [0.15, 0.2) is 206 Å². The first-order valence-electron chi connectivity index (χ1n) is 27.8. The standard InChI is InChI=1S/C73H64N2.H2/c1-45-11-23-53(24-12-45)74(54-25-13-46(2)14-26-54)57-31-37-63-61-35-21-51(41-67(61)72(7,8)69(63)43-57)49-19-33-59-60-34-20-50(40-66(60)71(5,6)65(59)39-49)52-22-36-62-64-38-32-58(44-70(64)73(9,10)68(62)42-52)75(55-27-15-47(3)16-28-55)56-29-17-48(4)18-30-56;/h11-44H,1-10H3;1H/i;1+1D. The van der Waals surface area contributed by atoms with Crippen LogP contribution >= 0.6 is 0 Å².